The molecule has 1 aliphatic heterocycles. The lowest BCUT2D eigenvalue weighted by molar-refractivity contribution is -0.136. The third-order valence-electron chi connectivity index (χ3n) is 6.15. The van der Waals surface area contributed by atoms with Crippen LogP contribution in [-0.2, 0) is 17.8 Å². The van der Waals surface area contributed by atoms with Gasteiger partial charge in [0, 0.05) is 16.8 Å². The molecule has 0 saturated heterocycles. The van der Waals surface area contributed by atoms with Crippen LogP contribution in [0.25, 0.3) is 0 Å². The summed E-state index contributed by atoms with van der Waals surface area (Å²) in [5, 5.41) is 2.85. The standard InChI is InChI=1S/C26H23FN2O3/c27-20-10-8-18(9-11-20)26(31)28-21-12-13-24-19(14-21)15-29(25(30)16-32-24)23-7-3-5-17-4-1-2-6-22(17)23/h1-2,4,6,8-14,23H,3,5,7,15-16H2,(H,28,31). The Balaban J connectivity index is 1.41. The molecule has 0 radical (unpaired) electrons. The summed E-state index contributed by atoms with van der Waals surface area (Å²) < 4.78 is 18.9. The van der Waals surface area contributed by atoms with Crippen molar-refractivity contribution in [2.24, 2.45) is 0 Å². The van der Waals surface area contributed by atoms with Gasteiger partial charge in [-0.15, -0.1) is 0 Å². The SMILES string of the molecule is O=C(Nc1ccc2c(c1)CN(C1CCCc3ccccc31)C(=O)CO2)c1ccc(F)cc1. The molecule has 1 unspecified atom stereocenters. The third kappa shape index (κ3) is 3.96. The highest BCUT2D eigenvalue weighted by Crippen LogP contribution is 2.37. The van der Waals surface area contributed by atoms with E-state index in [1.54, 1.807) is 12.1 Å². The number of hydrogen-bond donors (Lipinski definition) is 1. The van der Waals surface area contributed by atoms with Gasteiger partial charge >= 0.3 is 0 Å². The molecule has 2 aliphatic rings. The first-order valence-electron chi connectivity index (χ1n) is 10.8. The Morgan fingerprint density at radius 3 is 2.69 bits per heavy atom. The topological polar surface area (TPSA) is 58.6 Å². The lowest BCUT2D eigenvalue weighted by atomic mass is 9.86. The van der Waals surface area contributed by atoms with Crippen LogP contribution in [0.5, 0.6) is 5.75 Å². The molecular formula is C26H23FN2O3. The van der Waals surface area contributed by atoms with Crippen molar-refractivity contribution >= 4 is 17.5 Å². The zero-order valence-electron chi connectivity index (χ0n) is 17.5. The predicted molar refractivity (Wildman–Crippen MR) is 119 cm³/mol. The number of aryl methyl sites for hydroxylation is 1. The second-order valence-electron chi connectivity index (χ2n) is 8.20. The number of hydrogen-bond acceptors (Lipinski definition) is 3. The average molecular weight is 430 g/mol. The van der Waals surface area contributed by atoms with Gasteiger partial charge in [0.2, 0.25) is 0 Å². The van der Waals surface area contributed by atoms with Crippen LogP contribution in [0.3, 0.4) is 0 Å². The summed E-state index contributed by atoms with van der Waals surface area (Å²) in [5.74, 6) is -0.115. The molecule has 1 aliphatic carbocycles. The first-order chi connectivity index (χ1) is 15.6. The first-order valence-corrected chi connectivity index (χ1v) is 10.8. The smallest absolute Gasteiger partial charge is 0.261 e. The number of benzene rings is 3. The van der Waals surface area contributed by atoms with Crippen LogP contribution in [0.4, 0.5) is 10.1 Å². The molecule has 5 nitrogen and oxygen atoms in total. The highest BCUT2D eigenvalue weighted by Gasteiger charge is 2.32. The third-order valence-corrected chi connectivity index (χ3v) is 6.15. The van der Waals surface area contributed by atoms with E-state index in [2.05, 4.69) is 17.4 Å². The maximum absolute atomic E-state index is 13.1. The fourth-order valence-corrected chi connectivity index (χ4v) is 4.56. The zero-order valence-corrected chi connectivity index (χ0v) is 17.5. The molecule has 0 saturated carbocycles. The normalized spacial score (nSPS) is 17.6. The van der Waals surface area contributed by atoms with Crippen molar-refractivity contribution in [3.05, 3.63) is 94.8 Å². The molecule has 0 fully saturated rings. The Morgan fingerprint density at radius 2 is 1.84 bits per heavy atom. The van der Waals surface area contributed by atoms with E-state index >= 15 is 0 Å². The minimum Gasteiger partial charge on any atom is -0.483 e. The summed E-state index contributed by atoms with van der Waals surface area (Å²) in [4.78, 5) is 27.4. The first kappa shape index (κ1) is 20.2. The van der Waals surface area contributed by atoms with Gasteiger partial charge in [0.05, 0.1) is 12.6 Å². The molecule has 1 N–H and O–H groups in total. The lowest BCUT2D eigenvalue weighted by Crippen LogP contribution is -2.37. The van der Waals surface area contributed by atoms with Gasteiger partial charge in [-0.05, 0) is 72.9 Å². The van der Waals surface area contributed by atoms with E-state index in [1.807, 2.05) is 23.1 Å². The van der Waals surface area contributed by atoms with Gasteiger partial charge < -0.3 is 15.0 Å². The highest BCUT2D eigenvalue weighted by molar-refractivity contribution is 6.04. The van der Waals surface area contributed by atoms with E-state index in [0.29, 0.717) is 23.5 Å². The molecule has 162 valence electrons. The van der Waals surface area contributed by atoms with Gasteiger partial charge in [0.25, 0.3) is 11.8 Å². The van der Waals surface area contributed by atoms with Gasteiger partial charge in [-0.2, -0.15) is 0 Å². The van der Waals surface area contributed by atoms with E-state index in [1.165, 1.54) is 35.4 Å². The number of carbonyl (C=O) groups excluding carboxylic acids is 2. The summed E-state index contributed by atoms with van der Waals surface area (Å²) in [6.07, 6.45) is 2.98. The second kappa shape index (κ2) is 8.46. The summed E-state index contributed by atoms with van der Waals surface area (Å²) >= 11 is 0. The summed E-state index contributed by atoms with van der Waals surface area (Å²) in [5.41, 5.74) is 4.31. The van der Waals surface area contributed by atoms with Gasteiger partial charge in [0.1, 0.15) is 11.6 Å². The summed E-state index contributed by atoms with van der Waals surface area (Å²) in [6.45, 7) is 0.403. The van der Waals surface area contributed by atoms with E-state index in [9.17, 15) is 14.0 Å². The van der Waals surface area contributed by atoms with Gasteiger partial charge in [-0.3, -0.25) is 9.59 Å². The molecule has 0 bridgehead atoms. The van der Waals surface area contributed by atoms with E-state index in [-0.39, 0.29) is 24.5 Å². The second-order valence-corrected chi connectivity index (χ2v) is 8.20. The monoisotopic (exact) mass is 430 g/mol. The zero-order chi connectivity index (χ0) is 22.1. The van der Waals surface area contributed by atoms with Crippen LogP contribution in [-0.4, -0.2) is 23.3 Å². The van der Waals surface area contributed by atoms with Crippen molar-refractivity contribution in [2.75, 3.05) is 11.9 Å². The minimum atomic E-state index is -0.391. The molecule has 5 rings (SSSR count). The van der Waals surface area contributed by atoms with Crippen molar-refractivity contribution in [1.29, 1.82) is 0 Å². The van der Waals surface area contributed by atoms with Crippen molar-refractivity contribution < 1.29 is 18.7 Å². The quantitative estimate of drug-likeness (QED) is 0.645. The van der Waals surface area contributed by atoms with Gasteiger partial charge in [-0.25, -0.2) is 4.39 Å². The molecule has 3 aromatic carbocycles. The Bertz CT molecular complexity index is 1180. The fourth-order valence-electron chi connectivity index (χ4n) is 4.56. The van der Waals surface area contributed by atoms with E-state index in [0.717, 1.165) is 24.8 Å². The summed E-state index contributed by atoms with van der Waals surface area (Å²) in [7, 11) is 0. The Labute approximate surface area is 185 Å². The van der Waals surface area contributed by atoms with Crippen LogP contribution in [0.15, 0.2) is 66.7 Å². The lowest BCUT2D eigenvalue weighted by Gasteiger charge is -2.35. The van der Waals surface area contributed by atoms with Crippen LogP contribution in [0, 0.1) is 5.82 Å². The number of ether oxygens (including phenoxy) is 1. The number of nitrogens with one attached hydrogen (secondary N) is 1. The molecule has 6 heteroatoms. The Hall–Kier alpha value is -3.67. The van der Waals surface area contributed by atoms with Crippen LogP contribution < -0.4 is 10.1 Å². The molecular weight excluding hydrogens is 407 g/mol. The Morgan fingerprint density at radius 1 is 1.03 bits per heavy atom. The van der Waals surface area contributed by atoms with Crippen LogP contribution >= 0.6 is 0 Å². The van der Waals surface area contributed by atoms with Crippen molar-refractivity contribution in [3.63, 3.8) is 0 Å². The maximum Gasteiger partial charge on any atom is 0.261 e. The fraction of sp³-hybridized carbons (Fsp3) is 0.231. The largest absolute Gasteiger partial charge is 0.483 e. The summed E-state index contributed by atoms with van der Waals surface area (Å²) in [6, 6.07) is 19.1. The molecule has 3 aromatic rings. The van der Waals surface area contributed by atoms with Crippen molar-refractivity contribution in [3.8, 4) is 5.75 Å². The number of rotatable bonds is 3. The highest BCUT2D eigenvalue weighted by atomic mass is 19.1. The van der Waals surface area contributed by atoms with Gasteiger partial charge in [-0.1, -0.05) is 24.3 Å². The van der Waals surface area contributed by atoms with Gasteiger partial charge in [0.15, 0.2) is 6.61 Å². The number of carbonyl (C=O) groups is 2. The predicted octanol–water partition coefficient (Wildman–Crippen LogP) is 4.88. The molecule has 2 amide bonds. The number of amides is 2. The van der Waals surface area contributed by atoms with Crippen molar-refractivity contribution in [1.82, 2.24) is 4.90 Å². The number of anilines is 1. The molecule has 0 spiro atoms. The van der Waals surface area contributed by atoms with Crippen LogP contribution in [0.1, 0.15) is 45.9 Å². The van der Waals surface area contributed by atoms with Crippen molar-refractivity contribution in [2.45, 2.75) is 31.8 Å². The molecule has 32 heavy (non-hydrogen) atoms. The average Bonchev–Trinajstić information content (AvgIpc) is 2.97. The molecule has 0 aromatic heterocycles. The molecule has 1 atom stereocenters. The molecule has 1 heterocycles. The number of halogens is 1. The minimum absolute atomic E-state index is 0.00699. The Kier molecular flexibility index (Phi) is 5.35. The van der Waals surface area contributed by atoms with Crippen LogP contribution in [0.2, 0.25) is 0 Å². The number of nitrogens with zero attached hydrogens (tertiary/aromatic N) is 1. The number of fused-ring (bicyclic) bond motifs is 2. The maximum atomic E-state index is 13.1. The van der Waals surface area contributed by atoms with E-state index in [4.69, 9.17) is 4.74 Å². The van der Waals surface area contributed by atoms with E-state index < -0.39 is 5.82 Å².